The Balaban J connectivity index is 1.28. The van der Waals surface area contributed by atoms with Gasteiger partial charge in [-0.2, -0.15) is 0 Å². The predicted molar refractivity (Wildman–Crippen MR) is 145 cm³/mol. The number of carbonyl (C=O) groups is 2. The number of rotatable bonds is 6. The topological polar surface area (TPSA) is 83.8 Å². The highest BCUT2D eigenvalue weighted by molar-refractivity contribution is 6.00. The largest absolute Gasteiger partial charge is 0.323 e. The molecule has 0 saturated heterocycles. The number of hydrogen-bond donors (Lipinski definition) is 1. The monoisotopic (exact) mass is 491 g/mol. The third kappa shape index (κ3) is 6.92. The van der Waals surface area contributed by atoms with Crippen molar-refractivity contribution in [3.05, 3.63) is 52.2 Å². The Labute approximate surface area is 214 Å². The Morgan fingerprint density at radius 1 is 1.00 bits per heavy atom. The quantitative estimate of drug-likeness (QED) is 0.554. The van der Waals surface area contributed by atoms with E-state index in [1.54, 1.807) is 6.08 Å². The molecule has 6 heteroatoms. The number of aryl methyl sites for hydroxylation is 2. The molecule has 2 aromatic heterocycles. The van der Waals surface area contributed by atoms with Gasteiger partial charge in [-0.05, 0) is 82.1 Å². The third-order valence-electron chi connectivity index (χ3n) is 8.26. The molecular formula is C30H41N3O3. The molecule has 2 aliphatic rings. The first-order valence-electron chi connectivity index (χ1n) is 13.8. The first-order chi connectivity index (χ1) is 17.4. The van der Waals surface area contributed by atoms with Crippen LogP contribution >= 0.6 is 0 Å². The van der Waals surface area contributed by atoms with Crippen LogP contribution in [0.3, 0.4) is 0 Å². The summed E-state index contributed by atoms with van der Waals surface area (Å²) >= 11 is 0. The van der Waals surface area contributed by atoms with Gasteiger partial charge < -0.3 is 9.38 Å². The fraction of sp³-hybridized carbons (Fsp3) is 0.600. The van der Waals surface area contributed by atoms with E-state index in [1.165, 1.54) is 6.42 Å². The number of aromatic nitrogens is 2. The molecular weight excluding hydrogens is 450 g/mol. The van der Waals surface area contributed by atoms with E-state index in [0.29, 0.717) is 42.4 Å². The maximum absolute atomic E-state index is 13.1. The van der Waals surface area contributed by atoms with E-state index in [4.69, 9.17) is 4.99 Å². The van der Waals surface area contributed by atoms with Crippen LogP contribution in [0.15, 0.2) is 40.3 Å². The van der Waals surface area contributed by atoms with Gasteiger partial charge in [0, 0.05) is 48.6 Å². The van der Waals surface area contributed by atoms with Crippen LogP contribution in [-0.2, 0) is 16.0 Å². The predicted octanol–water partition coefficient (Wildman–Crippen LogP) is 5.80. The minimum atomic E-state index is -0.0702. The summed E-state index contributed by atoms with van der Waals surface area (Å²) in [6.07, 6.45) is 16.7. The summed E-state index contributed by atoms with van der Waals surface area (Å²) in [5.41, 5.74) is 3.46. The van der Waals surface area contributed by atoms with E-state index in [1.807, 2.05) is 42.7 Å². The molecule has 2 aromatic rings. The Hall–Kier alpha value is -2.76. The number of nitrogens with zero attached hydrogens (tertiary/aromatic N) is 2. The number of H-pyrrole nitrogens is 1. The second kappa shape index (κ2) is 12.5. The first-order valence-corrected chi connectivity index (χ1v) is 13.8. The van der Waals surface area contributed by atoms with Crippen molar-refractivity contribution in [2.45, 2.75) is 90.9 Å². The zero-order chi connectivity index (χ0) is 25.5. The van der Waals surface area contributed by atoms with Gasteiger partial charge >= 0.3 is 0 Å². The Morgan fingerprint density at radius 2 is 1.78 bits per heavy atom. The molecule has 0 amide bonds. The van der Waals surface area contributed by atoms with Crippen LogP contribution in [0.1, 0.15) is 88.9 Å². The summed E-state index contributed by atoms with van der Waals surface area (Å²) in [6.45, 7) is 4.78. The van der Waals surface area contributed by atoms with Gasteiger partial charge in [0.05, 0.1) is 0 Å². The molecule has 1 aliphatic carbocycles. The van der Waals surface area contributed by atoms with E-state index in [2.05, 4.69) is 4.98 Å². The van der Waals surface area contributed by atoms with Gasteiger partial charge in [0.25, 0.3) is 5.56 Å². The van der Waals surface area contributed by atoms with Crippen LogP contribution < -0.4 is 5.56 Å². The van der Waals surface area contributed by atoms with Crippen molar-refractivity contribution in [3.8, 4) is 0 Å². The lowest BCUT2D eigenvalue weighted by atomic mass is 9.81. The second-order valence-corrected chi connectivity index (χ2v) is 10.9. The number of allylic oxidation sites excluding steroid dienone is 2. The molecule has 3 unspecified atom stereocenters. The number of ketones is 2. The number of aromatic amines is 1. The number of fused-ring (bicyclic) bond motifs is 1. The van der Waals surface area contributed by atoms with Crippen molar-refractivity contribution < 1.29 is 9.59 Å². The van der Waals surface area contributed by atoms with Crippen molar-refractivity contribution >= 4 is 22.8 Å². The fourth-order valence-corrected chi connectivity index (χ4v) is 6.01. The van der Waals surface area contributed by atoms with E-state index in [9.17, 15) is 14.4 Å². The summed E-state index contributed by atoms with van der Waals surface area (Å²) in [6, 6.07) is 3.79. The van der Waals surface area contributed by atoms with Gasteiger partial charge in [0.1, 0.15) is 11.3 Å². The maximum Gasteiger partial charge on any atom is 0.272 e. The summed E-state index contributed by atoms with van der Waals surface area (Å²) in [7, 11) is 0. The molecule has 3 atom stereocenters. The van der Waals surface area contributed by atoms with Gasteiger partial charge in [-0.25, -0.2) is 0 Å². The van der Waals surface area contributed by atoms with E-state index < -0.39 is 0 Å². The van der Waals surface area contributed by atoms with Crippen LogP contribution in [0.25, 0.3) is 5.52 Å². The van der Waals surface area contributed by atoms with E-state index >= 15 is 0 Å². The van der Waals surface area contributed by atoms with Gasteiger partial charge in [0.2, 0.25) is 0 Å². The summed E-state index contributed by atoms with van der Waals surface area (Å²) in [4.78, 5) is 45.2. The molecule has 1 saturated carbocycles. The summed E-state index contributed by atoms with van der Waals surface area (Å²) < 4.78 is 1.93. The third-order valence-corrected chi connectivity index (χ3v) is 8.26. The van der Waals surface area contributed by atoms with Crippen molar-refractivity contribution in [2.24, 2.45) is 22.7 Å². The molecule has 0 bridgehead atoms. The lowest BCUT2D eigenvalue weighted by Crippen LogP contribution is -2.19. The minimum Gasteiger partial charge on any atom is -0.323 e. The SMILES string of the molecule is CC1=NCC(C2CCCCC(C(=O)CCCc3cn4c(C)ccc4c(=O)[nH]3)CCC2)CCC(=O)C=C1. The summed E-state index contributed by atoms with van der Waals surface area (Å²) in [5.74, 6) is 1.79. The Bertz CT molecular complexity index is 1190. The molecule has 3 heterocycles. The average Bonchev–Trinajstić information content (AvgIpc) is 3.30. The molecule has 1 N–H and O–H groups in total. The van der Waals surface area contributed by atoms with Crippen molar-refractivity contribution in [2.75, 3.05) is 6.54 Å². The van der Waals surface area contributed by atoms with Gasteiger partial charge in [0.15, 0.2) is 5.78 Å². The van der Waals surface area contributed by atoms with Crippen molar-refractivity contribution in [1.29, 1.82) is 0 Å². The fourth-order valence-electron chi connectivity index (χ4n) is 6.01. The molecule has 1 aliphatic heterocycles. The van der Waals surface area contributed by atoms with Crippen molar-refractivity contribution in [1.82, 2.24) is 9.38 Å². The molecule has 6 nitrogen and oxygen atoms in total. The smallest absolute Gasteiger partial charge is 0.272 e. The van der Waals surface area contributed by atoms with Gasteiger partial charge in [-0.15, -0.1) is 0 Å². The number of carbonyl (C=O) groups excluding carboxylic acids is 2. The standard InChI is InChI=1S/C30H41N3O3/c1-21-13-16-27(34)17-15-25(19-31-21)23-7-3-4-8-24(10-5-9-23)29(35)12-6-11-26-20-33-22(2)14-18-28(33)30(36)32-26/h13-14,16,18,20,23-25H,3-12,15,17,19H2,1-2H3,(H,32,36). The first kappa shape index (κ1) is 26.3. The molecule has 0 aromatic carbocycles. The van der Waals surface area contributed by atoms with Crippen LogP contribution in [-0.4, -0.2) is 33.2 Å². The molecule has 0 radical (unpaired) electrons. The molecule has 0 spiro atoms. The Kier molecular flexibility index (Phi) is 9.11. The second-order valence-electron chi connectivity index (χ2n) is 10.9. The number of aliphatic imine (C=N–C) groups is 1. The lowest BCUT2D eigenvalue weighted by molar-refractivity contribution is -0.123. The highest BCUT2D eigenvalue weighted by Crippen LogP contribution is 2.33. The molecule has 194 valence electrons. The molecule has 4 rings (SSSR count). The van der Waals surface area contributed by atoms with Crippen LogP contribution in [0.5, 0.6) is 0 Å². The van der Waals surface area contributed by atoms with E-state index in [-0.39, 0.29) is 17.3 Å². The maximum atomic E-state index is 13.1. The summed E-state index contributed by atoms with van der Waals surface area (Å²) in [5, 5.41) is 0. The van der Waals surface area contributed by atoms with Crippen LogP contribution in [0.2, 0.25) is 0 Å². The molecule has 36 heavy (non-hydrogen) atoms. The minimum absolute atomic E-state index is 0.0702. The highest BCUT2D eigenvalue weighted by Gasteiger charge is 2.26. The average molecular weight is 492 g/mol. The van der Waals surface area contributed by atoms with E-state index in [0.717, 1.165) is 75.0 Å². The van der Waals surface area contributed by atoms with Gasteiger partial charge in [-0.1, -0.05) is 32.1 Å². The highest BCUT2D eigenvalue weighted by atomic mass is 16.1. The van der Waals surface area contributed by atoms with Gasteiger partial charge in [-0.3, -0.25) is 19.4 Å². The number of hydrogen-bond acceptors (Lipinski definition) is 4. The Morgan fingerprint density at radius 3 is 2.64 bits per heavy atom. The zero-order valence-corrected chi connectivity index (χ0v) is 21.9. The normalized spacial score (nSPS) is 24.2. The van der Waals surface area contributed by atoms with Crippen LogP contribution in [0.4, 0.5) is 0 Å². The lowest BCUT2D eigenvalue weighted by Gasteiger charge is -2.25. The van der Waals surface area contributed by atoms with Crippen LogP contribution in [0, 0.1) is 24.7 Å². The molecule has 1 fully saturated rings. The number of Topliss-reactive ketones (excluding diaryl/α,β-unsaturated/α-hetero) is 1. The number of nitrogens with one attached hydrogen (secondary N) is 1. The zero-order valence-electron chi connectivity index (χ0n) is 21.9. The van der Waals surface area contributed by atoms with Crippen molar-refractivity contribution in [3.63, 3.8) is 0 Å².